The molecular formula is C18H26N2O5S. The van der Waals surface area contributed by atoms with Crippen molar-refractivity contribution in [1.82, 2.24) is 9.62 Å². The fraction of sp³-hybridized carbons (Fsp3) is 0.556. The molecule has 1 aliphatic carbocycles. The van der Waals surface area contributed by atoms with Crippen LogP contribution in [0.4, 0.5) is 0 Å². The smallest absolute Gasteiger partial charge is 0.325 e. The van der Waals surface area contributed by atoms with Crippen LogP contribution >= 0.6 is 0 Å². The van der Waals surface area contributed by atoms with Gasteiger partial charge in [0.1, 0.15) is 6.54 Å². The monoisotopic (exact) mass is 382 g/mol. The Balaban J connectivity index is 2.22. The Labute approximate surface area is 154 Å². The number of nitrogens with one attached hydrogen (secondary N) is 1. The minimum atomic E-state index is -3.70. The number of hydrogen-bond donors (Lipinski definition) is 1. The number of sulfonamides is 1. The molecule has 144 valence electrons. The first-order valence-corrected chi connectivity index (χ1v) is 10.3. The number of hydrogen-bond acceptors (Lipinski definition) is 5. The largest absolute Gasteiger partial charge is 0.465 e. The minimum absolute atomic E-state index is 0.0274. The normalized spacial score (nSPS) is 14.3. The van der Waals surface area contributed by atoms with Crippen LogP contribution in [0.2, 0.25) is 0 Å². The lowest BCUT2D eigenvalue weighted by atomic mass is 10.2. The molecule has 0 aromatic heterocycles. The summed E-state index contributed by atoms with van der Waals surface area (Å²) >= 11 is 0. The summed E-state index contributed by atoms with van der Waals surface area (Å²) in [6, 6.07) is 5.62. The van der Waals surface area contributed by atoms with Gasteiger partial charge in [0, 0.05) is 18.2 Å². The molecule has 26 heavy (non-hydrogen) atoms. The summed E-state index contributed by atoms with van der Waals surface area (Å²) < 4.78 is 32.1. The second kappa shape index (κ2) is 8.64. The molecule has 0 unspecified atom stereocenters. The molecule has 0 heterocycles. The summed E-state index contributed by atoms with van der Waals surface area (Å²) in [4.78, 5) is 26.1. The molecule has 1 fully saturated rings. The Kier molecular flexibility index (Phi) is 6.77. The summed E-state index contributed by atoms with van der Waals surface area (Å²) in [6.45, 7) is 5.75. The number of esters is 1. The van der Waals surface area contributed by atoms with Crippen molar-refractivity contribution in [3.05, 3.63) is 29.8 Å². The van der Waals surface area contributed by atoms with Crippen molar-refractivity contribution in [1.29, 1.82) is 0 Å². The molecule has 7 nitrogen and oxygen atoms in total. The van der Waals surface area contributed by atoms with Gasteiger partial charge in [0.05, 0.1) is 11.5 Å². The van der Waals surface area contributed by atoms with E-state index < -0.39 is 16.0 Å². The standard InChI is InChI=1S/C18H26N2O5S/c1-4-25-17(21)12-20(11-14-8-9-14)18(22)15-6-5-7-16(10-15)26(23,24)19-13(2)3/h5-7,10,13-14,19H,4,8-9,11-12H2,1-3H3. The summed E-state index contributed by atoms with van der Waals surface area (Å²) in [5.74, 6) is -0.443. The van der Waals surface area contributed by atoms with Gasteiger partial charge in [-0.3, -0.25) is 9.59 Å². The second-order valence-electron chi connectivity index (χ2n) is 6.74. The van der Waals surface area contributed by atoms with Crippen molar-refractivity contribution >= 4 is 21.9 Å². The lowest BCUT2D eigenvalue weighted by Gasteiger charge is -2.22. The summed E-state index contributed by atoms with van der Waals surface area (Å²) in [6.07, 6.45) is 2.05. The van der Waals surface area contributed by atoms with E-state index in [9.17, 15) is 18.0 Å². The lowest BCUT2D eigenvalue weighted by molar-refractivity contribution is -0.143. The molecule has 0 saturated heterocycles. The van der Waals surface area contributed by atoms with Gasteiger partial charge in [-0.1, -0.05) is 6.07 Å². The van der Waals surface area contributed by atoms with Gasteiger partial charge in [0.25, 0.3) is 5.91 Å². The first-order chi connectivity index (χ1) is 12.2. The van der Waals surface area contributed by atoms with Gasteiger partial charge in [-0.2, -0.15) is 0 Å². The summed E-state index contributed by atoms with van der Waals surface area (Å²) in [7, 11) is -3.70. The number of ether oxygens (including phenoxy) is 1. The molecule has 0 atom stereocenters. The van der Waals surface area contributed by atoms with E-state index in [-0.39, 0.29) is 35.6 Å². The molecule has 1 aliphatic rings. The lowest BCUT2D eigenvalue weighted by Crippen LogP contribution is -2.38. The molecule has 8 heteroatoms. The molecular weight excluding hydrogens is 356 g/mol. The van der Waals surface area contributed by atoms with Crippen molar-refractivity contribution < 1.29 is 22.7 Å². The van der Waals surface area contributed by atoms with Crippen LogP contribution in [0.15, 0.2) is 29.2 Å². The number of benzene rings is 1. The van der Waals surface area contributed by atoms with Gasteiger partial charge < -0.3 is 9.64 Å². The van der Waals surface area contributed by atoms with Crippen LogP contribution in [-0.2, 0) is 19.6 Å². The van der Waals surface area contributed by atoms with Crippen LogP contribution in [0.5, 0.6) is 0 Å². The van der Waals surface area contributed by atoms with Crippen molar-refractivity contribution in [2.45, 2.75) is 44.6 Å². The second-order valence-corrected chi connectivity index (χ2v) is 8.45. The topological polar surface area (TPSA) is 92.8 Å². The maximum absolute atomic E-state index is 12.9. The van der Waals surface area contributed by atoms with Gasteiger partial charge >= 0.3 is 5.97 Å². The molecule has 0 radical (unpaired) electrons. The molecule has 1 aromatic carbocycles. The van der Waals surface area contributed by atoms with E-state index in [1.54, 1.807) is 26.8 Å². The quantitative estimate of drug-likeness (QED) is 0.657. The van der Waals surface area contributed by atoms with Gasteiger partial charge in [-0.05, 0) is 57.7 Å². The van der Waals surface area contributed by atoms with Crippen LogP contribution in [0.3, 0.4) is 0 Å². The highest BCUT2D eigenvalue weighted by Gasteiger charge is 2.29. The Hall–Kier alpha value is -1.93. The predicted octanol–water partition coefficient (Wildman–Crippen LogP) is 1.79. The number of amides is 1. The maximum atomic E-state index is 12.9. The Morgan fingerprint density at radius 3 is 2.58 bits per heavy atom. The first kappa shape index (κ1) is 20.4. The molecule has 1 aromatic rings. The molecule has 2 rings (SSSR count). The van der Waals surface area contributed by atoms with E-state index in [0.29, 0.717) is 12.5 Å². The number of rotatable bonds is 9. The van der Waals surface area contributed by atoms with Gasteiger partial charge in [0.15, 0.2) is 0 Å². The number of carbonyl (C=O) groups excluding carboxylic acids is 2. The third-order valence-electron chi connectivity index (χ3n) is 3.87. The van der Waals surface area contributed by atoms with Crippen molar-refractivity contribution in [3.8, 4) is 0 Å². The van der Waals surface area contributed by atoms with Crippen LogP contribution in [0.1, 0.15) is 44.0 Å². The van der Waals surface area contributed by atoms with Gasteiger partial charge in [0.2, 0.25) is 10.0 Å². The van der Waals surface area contributed by atoms with Crippen molar-refractivity contribution in [2.75, 3.05) is 19.7 Å². The first-order valence-electron chi connectivity index (χ1n) is 8.80. The van der Waals surface area contributed by atoms with Crippen LogP contribution in [-0.4, -0.2) is 50.9 Å². The number of carbonyl (C=O) groups is 2. The molecule has 1 saturated carbocycles. The van der Waals surface area contributed by atoms with E-state index in [1.807, 2.05) is 0 Å². The molecule has 0 spiro atoms. The highest BCUT2D eigenvalue weighted by atomic mass is 32.2. The zero-order valence-electron chi connectivity index (χ0n) is 15.4. The zero-order chi connectivity index (χ0) is 19.3. The summed E-state index contributed by atoms with van der Waals surface area (Å²) in [5.41, 5.74) is 0.238. The van der Waals surface area contributed by atoms with E-state index in [2.05, 4.69) is 4.72 Å². The van der Waals surface area contributed by atoms with E-state index >= 15 is 0 Å². The van der Waals surface area contributed by atoms with E-state index in [0.717, 1.165) is 12.8 Å². The van der Waals surface area contributed by atoms with Gasteiger partial charge in [-0.25, -0.2) is 13.1 Å². The third-order valence-corrected chi connectivity index (χ3v) is 5.53. The Morgan fingerprint density at radius 1 is 1.31 bits per heavy atom. The van der Waals surface area contributed by atoms with Crippen LogP contribution in [0, 0.1) is 5.92 Å². The Morgan fingerprint density at radius 2 is 2.00 bits per heavy atom. The van der Waals surface area contributed by atoms with Gasteiger partial charge in [-0.15, -0.1) is 0 Å². The van der Waals surface area contributed by atoms with Crippen LogP contribution in [0.25, 0.3) is 0 Å². The molecule has 1 amide bonds. The molecule has 1 N–H and O–H groups in total. The van der Waals surface area contributed by atoms with Crippen molar-refractivity contribution in [2.24, 2.45) is 5.92 Å². The zero-order valence-corrected chi connectivity index (χ0v) is 16.2. The SMILES string of the molecule is CCOC(=O)CN(CC1CC1)C(=O)c1cccc(S(=O)(=O)NC(C)C)c1. The van der Waals surface area contributed by atoms with Crippen molar-refractivity contribution in [3.63, 3.8) is 0 Å². The van der Waals surface area contributed by atoms with E-state index in [1.165, 1.54) is 23.1 Å². The number of nitrogens with zero attached hydrogens (tertiary/aromatic N) is 1. The predicted molar refractivity (Wildman–Crippen MR) is 97.2 cm³/mol. The Bertz CT molecular complexity index is 757. The fourth-order valence-corrected chi connectivity index (χ4v) is 3.85. The molecule has 0 aliphatic heterocycles. The van der Waals surface area contributed by atoms with E-state index in [4.69, 9.17) is 4.74 Å². The molecule has 0 bridgehead atoms. The average Bonchev–Trinajstić information content (AvgIpc) is 3.37. The fourth-order valence-electron chi connectivity index (χ4n) is 2.55. The highest BCUT2D eigenvalue weighted by molar-refractivity contribution is 7.89. The van der Waals surface area contributed by atoms with Crippen LogP contribution < -0.4 is 4.72 Å². The average molecular weight is 382 g/mol. The summed E-state index contributed by atoms with van der Waals surface area (Å²) in [5, 5.41) is 0. The highest BCUT2D eigenvalue weighted by Crippen LogP contribution is 2.30. The minimum Gasteiger partial charge on any atom is -0.465 e. The maximum Gasteiger partial charge on any atom is 0.325 e. The third kappa shape index (κ3) is 5.81.